The van der Waals surface area contributed by atoms with Crippen LogP contribution in [0, 0.1) is 11.3 Å². The van der Waals surface area contributed by atoms with Crippen LogP contribution in [-0.4, -0.2) is 16.7 Å². The molecule has 1 N–H and O–H groups in total. The first kappa shape index (κ1) is 16.9. The summed E-state index contributed by atoms with van der Waals surface area (Å²) in [5.41, 5.74) is -0.659. The summed E-state index contributed by atoms with van der Waals surface area (Å²) in [6.07, 6.45) is 4.71. The van der Waals surface area contributed by atoms with Crippen molar-refractivity contribution in [1.29, 1.82) is 5.26 Å². The third-order valence-corrected chi connectivity index (χ3v) is 5.78. The summed E-state index contributed by atoms with van der Waals surface area (Å²) in [6.45, 7) is 1.91. The molecule has 2 aromatic rings. The Balaban J connectivity index is 1.67. The zero-order valence-corrected chi connectivity index (χ0v) is 14.7. The number of carbonyl (C=O) groups excluding carboxylic acids is 1. The van der Waals surface area contributed by atoms with Gasteiger partial charge in [0.2, 0.25) is 5.91 Å². The highest BCUT2D eigenvalue weighted by molar-refractivity contribution is 8.00. The molecule has 0 aliphatic heterocycles. The van der Waals surface area contributed by atoms with Crippen LogP contribution in [0.15, 0.2) is 47.4 Å². The van der Waals surface area contributed by atoms with Gasteiger partial charge in [-0.3, -0.25) is 4.79 Å². The second-order valence-corrected chi connectivity index (χ2v) is 7.93. The van der Waals surface area contributed by atoms with E-state index in [-0.39, 0.29) is 11.2 Å². The second-order valence-electron chi connectivity index (χ2n) is 6.51. The fourth-order valence-electron chi connectivity index (χ4n) is 3.26. The summed E-state index contributed by atoms with van der Waals surface area (Å²) in [7, 11) is 0. The van der Waals surface area contributed by atoms with Crippen LogP contribution in [0.25, 0.3) is 10.8 Å². The average molecular weight is 338 g/mol. The minimum atomic E-state index is -0.659. The van der Waals surface area contributed by atoms with Gasteiger partial charge < -0.3 is 5.32 Å². The maximum atomic E-state index is 12.6. The Kier molecular flexibility index (Phi) is 5.11. The van der Waals surface area contributed by atoms with Crippen molar-refractivity contribution in [2.24, 2.45) is 0 Å². The molecule has 24 heavy (non-hydrogen) atoms. The van der Waals surface area contributed by atoms with E-state index in [0.29, 0.717) is 0 Å². The Morgan fingerprint density at radius 1 is 1.17 bits per heavy atom. The van der Waals surface area contributed by atoms with Crippen molar-refractivity contribution < 1.29 is 4.79 Å². The summed E-state index contributed by atoms with van der Waals surface area (Å²) < 4.78 is 0. The van der Waals surface area contributed by atoms with Gasteiger partial charge in [0.1, 0.15) is 5.54 Å². The van der Waals surface area contributed by atoms with Crippen LogP contribution < -0.4 is 5.32 Å². The van der Waals surface area contributed by atoms with Gasteiger partial charge in [-0.15, -0.1) is 11.8 Å². The van der Waals surface area contributed by atoms with Crippen molar-refractivity contribution in [1.82, 2.24) is 5.32 Å². The summed E-state index contributed by atoms with van der Waals surface area (Å²) in [5.74, 6) is -0.0448. The van der Waals surface area contributed by atoms with Gasteiger partial charge in [0.15, 0.2) is 0 Å². The smallest absolute Gasteiger partial charge is 0.234 e. The highest BCUT2D eigenvalue weighted by atomic mass is 32.2. The lowest BCUT2D eigenvalue weighted by Gasteiger charge is -2.32. The van der Waals surface area contributed by atoms with E-state index in [1.165, 1.54) is 10.8 Å². The van der Waals surface area contributed by atoms with Gasteiger partial charge in [-0.2, -0.15) is 5.26 Å². The van der Waals surface area contributed by atoms with Crippen molar-refractivity contribution in [2.45, 2.75) is 54.7 Å². The summed E-state index contributed by atoms with van der Waals surface area (Å²) in [6, 6.07) is 16.8. The normalized spacial score (nSPS) is 17.8. The number of nitriles is 1. The minimum absolute atomic E-state index is 0.0448. The van der Waals surface area contributed by atoms with Crippen LogP contribution in [0.3, 0.4) is 0 Å². The molecule has 1 saturated carbocycles. The Morgan fingerprint density at radius 2 is 1.88 bits per heavy atom. The summed E-state index contributed by atoms with van der Waals surface area (Å²) >= 11 is 1.54. The molecule has 2 aromatic carbocycles. The van der Waals surface area contributed by atoms with Gasteiger partial charge in [0.05, 0.1) is 11.3 Å². The van der Waals surface area contributed by atoms with Crippen LogP contribution >= 0.6 is 11.8 Å². The number of hydrogen-bond donors (Lipinski definition) is 1. The first-order valence-corrected chi connectivity index (χ1v) is 9.39. The number of rotatable bonds is 4. The SMILES string of the molecule is CC(Sc1ccc2ccccc2c1)C(=O)NC1(C#N)CCCCC1. The number of benzene rings is 2. The number of nitrogens with one attached hydrogen (secondary N) is 1. The predicted octanol–water partition coefficient (Wildman–Crippen LogP) is 4.66. The zero-order chi connectivity index (χ0) is 17.0. The van der Waals surface area contributed by atoms with E-state index >= 15 is 0 Å². The molecular weight excluding hydrogens is 316 g/mol. The Morgan fingerprint density at radius 3 is 2.58 bits per heavy atom. The Labute approximate surface area is 147 Å². The number of amides is 1. The van der Waals surface area contributed by atoms with E-state index in [1.54, 1.807) is 11.8 Å². The van der Waals surface area contributed by atoms with Crippen molar-refractivity contribution in [3.8, 4) is 6.07 Å². The molecule has 0 aromatic heterocycles. The number of thioether (sulfide) groups is 1. The van der Waals surface area contributed by atoms with Gasteiger partial charge >= 0.3 is 0 Å². The second kappa shape index (κ2) is 7.27. The van der Waals surface area contributed by atoms with E-state index in [1.807, 2.05) is 19.1 Å². The molecule has 3 rings (SSSR count). The molecule has 1 atom stereocenters. The molecule has 1 aliphatic carbocycles. The quantitative estimate of drug-likeness (QED) is 0.825. The highest BCUT2D eigenvalue weighted by Gasteiger charge is 2.34. The molecule has 124 valence electrons. The fourth-order valence-corrected chi connectivity index (χ4v) is 4.17. The van der Waals surface area contributed by atoms with E-state index in [0.717, 1.165) is 37.0 Å². The number of carbonyl (C=O) groups is 1. The minimum Gasteiger partial charge on any atom is -0.337 e. The Bertz CT molecular complexity index is 775. The molecule has 0 heterocycles. The fraction of sp³-hybridized carbons (Fsp3) is 0.400. The zero-order valence-electron chi connectivity index (χ0n) is 13.9. The lowest BCUT2D eigenvalue weighted by Crippen LogP contribution is -2.50. The number of hydrogen-bond acceptors (Lipinski definition) is 3. The van der Waals surface area contributed by atoms with E-state index in [9.17, 15) is 10.1 Å². The first-order valence-electron chi connectivity index (χ1n) is 8.51. The third-order valence-electron chi connectivity index (χ3n) is 4.69. The van der Waals surface area contributed by atoms with Crippen molar-refractivity contribution in [3.05, 3.63) is 42.5 Å². The van der Waals surface area contributed by atoms with Gasteiger partial charge in [-0.1, -0.05) is 49.6 Å². The van der Waals surface area contributed by atoms with Crippen LogP contribution in [0.2, 0.25) is 0 Å². The molecule has 1 fully saturated rings. The van der Waals surface area contributed by atoms with Crippen LogP contribution in [0.5, 0.6) is 0 Å². The standard InChI is InChI=1S/C20H22N2OS/c1-15(19(23)22-20(14-21)11-5-2-6-12-20)24-18-10-9-16-7-3-4-8-17(16)13-18/h3-4,7-10,13,15H,2,5-6,11-12H2,1H3,(H,22,23). The molecule has 4 heteroatoms. The molecule has 0 radical (unpaired) electrons. The molecule has 0 saturated heterocycles. The maximum absolute atomic E-state index is 12.6. The maximum Gasteiger partial charge on any atom is 0.234 e. The predicted molar refractivity (Wildman–Crippen MR) is 98.8 cm³/mol. The first-order chi connectivity index (χ1) is 11.6. The Hall–Kier alpha value is -1.99. The van der Waals surface area contributed by atoms with E-state index in [2.05, 4.69) is 41.7 Å². The number of nitrogens with zero attached hydrogens (tertiary/aromatic N) is 1. The average Bonchev–Trinajstić information content (AvgIpc) is 2.62. The van der Waals surface area contributed by atoms with Gasteiger partial charge in [0, 0.05) is 4.90 Å². The molecule has 1 aliphatic rings. The topological polar surface area (TPSA) is 52.9 Å². The van der Waals surface area contributed by atoms with Crippen molar-refractivity contribution in [2.75, 3.05) is 0 Å². The van der Waals surface area contributed by atoms with Crippen LogP contribution in [0.1, 0.15) is 39.0 Å². The third kappa shape index (κ3) is 3.73. The van der Waals surface area contributed by atoms with E-state index in [4.69, 9.17) is 0 Å². The van der Waals surface area contributed by atoms with Crippen molar-refractivity contribution in [3.63, 3.8) is 0 Å². The summed E-state index contributed by atoms with van der Waals surface area (Å²) in [4.78, 5) is 13.6. The van der Waals surface area contributed by atoms with Gasteiger partial charge in [-0.25, -0.2) is 0 Å². The van der Waals surface area contributed by atoms with Crippen molar-refractivity contribution >= 4 is 28.4 Å². The lowest BCUT2D eigenvalue weighted by atomic mass is 9.83. The molecule has 1 unspecified atom stereocenters. The van der Waals surface area contributed by atoms with Gasteiger partial charge in [0.25, 0.3) is 0 Å². The number of fused-ring (bicyclic) bond motifs is 1. The lowest BCUT2D eigenvalue weighted by molar-refractivity contribution is -0.121. The summed E-state index contributed by atoms with van der Waals surface area (Å²) in [5, 5.41) is 14.7. The monoisotopic (exact) mass is 338 g/mol. The van der Waals surface area contributed by atoms with Crippen LogP contribution in [-0.2, 0) is 4.79 Å². The molecule has 1 amide bonds. The van der Waals surface area contributed by atoms with Gasteiger partial charge in [-0.05, 0) is 42.7 Å². The molecule has 0 spiro atoms. The molecule has 3 nitrogen and oxygen atoms in total. The van der Waals surface area contributed by atoms with Crippen LogP contribution in [0.4, 0.5) is 0 Å². The largest absolute Gasteiger partial charge is 0.337 e. The van der Waals surface area contributed by atoms with E-state index < -0.39 is 5.54 Å². The molecular formula is C20H22N2OS. The highest BCUT2D eigenvalue weighted by Crippen LogP contribution is 2.30. The molecule has 0 bridgehead atoms.